The summed E-state index contributed by atoms with van der Waals surface area (Å²) in [5, 5.41) is 0. The molecule has 3 aromatic rings. The lowest BCUT2D eigenvalue weighted by Gasteiger charge is -2.37. The van der Waals surface area contributed by atoms with E-state index in [1.165, 1.54) is 16.8 Å². The fourth-order valence-corrected chi connectivity index (χ4v) is 4.35. The van der Waals surface area contributed by atoms with Crippen LogP contribution in [0.3, 0.4) is 0 Å². The van der Waals surface area contributed by atoms with Crippen molar-refractivity contribution in [2.24, 2.45) is 0 Å². The number of nitrogens with zero attached hydrogens (tertiary/aromatic N) is 3. The van der Waals surface area contributed by atoms with Gasteiger partial charge in [-0.25, -0.2) is 0 Å². The van der Waals surface area contributed by atoms with Gasteiger partial charge >= 0.3 is 0 Å². The number of hydrogen-bond donors (Lipinski definition) is 0. The third-order valence-electron chi connectivity index (χ3n) is 6.30. The average Bonchev–Trinajstić information content (AvgIpc) is 2.80. The fraction of sp³-hybridized carbons (Fsp3) is 0.333. The number of rotatable bonds is 5. The highest BCUT2D eigenvalue weighted by Gasteiger charge is 2.24. The first-order chi connectivity index (χ1) is 15.4. The van der Waals surface area contributed by atoms with Crippen molar-refractivity contribution < 1.29 is 9.53 Å². The zero-order chi connectivity index (χ0) is 22.7. The second-order valence-electron chi connectivity index (χ2n) is 8.59. The van der Waals surface area contributed by atoms with Crippen LogP contribution in [0.5, 0.6) is 5.75 Å². The Balaban J connectivity index is 1.42. The summed E-state index contributed by atoms with van der Waals surface area (Å²) in [6.45, 7) is 11.9. The first kappa shape index (κ1) is 21.9. The smallest absolute Gasteiger partial charge is 0.253 e. The summed E-state index contributed by atoms with van der Waals surface area (Å²) < 4.78 is 6.05. The van der Waals surface area contributed by atoms with Gasteiger partial charge in [-0.3, -0.25) is 9.78 Å². The molecule has 0 aliphatic carbocycles. The molecule has 1 amide bonds. The van der Waals surface area contributed by atoms with Crippen molar-refractivity contribution in [1.29, 1.82) is 0 Å². The Bertz CT molecular complexity index is 1080. The minimum absolute atomic E-state index is 0.0932. The number of hydrogen-bond acceptors (Lipinski definition) is 4. The summed E-state index contributed by atoms with van der Waals surface area (Å²) in [5.41, 5.74) is 7.61. The molecule has 0 N–H and O–H groups in total. The summed E-state index contributed by atoms with van der Waals surface area (Å²) >= 11 is 0. The van der Waals surface area contributed by atoms with Crippen molar-refractivity contribution in [2.45, 2.75) is 34.3 Å². The average molecular weight is 430 g/mol. The molecule has 1 aliphatic heterocycles. The van der Waals surface area contributed by atoms with Gasteiger partial charge in [-0.1, -0.05) is 18.2 Å². The molecule has 1 fully saturated rings. The largest absolute Gasteiger partial charge is 0.488 e. The lowest BCUT2D eigenvalue weighted by Crippen LogP contribution is -2.49. The molecule has 5 nitrogen and oxygen atoms in total. The molecular formula is C27H31N3O2. The van der Waals surface area contributed by atoms with Crippen molar-refractivity contribution in [3.05, 3.63) is 88.2 Å². The first-order valence-corrected chi connectivity index (χ1v) is 11.2. The molecule has 166 valence electrons. The van der Waals surface area contributed by atoms with Crippen LogP contribution in [0.4, 0.5) is 5.69 Å². The van der Waals surface area contributed by atoms with Crippen LogP contribution in [0, 0.1) is 27.7 Å². The van der Waals surface area contributed by atoms with E-state index in [1.54, 1.807) is 12.4 Å². The number of anilines is 1. The molecule has 2 heterocycles. The van der Waals surface area contributed by atoms with E-state index in [0.717, 1.165) is 54.2 Å². The van der Waals surface area contributed by atoms with Gasteiger partial charge in [-0.2, -0.15) is 0 Å². The normalized spacial score (nSPS) is 13.9. The second kappa shape index (κ2) is 9.43. The highest BCUT2D eigenvalue weighted by Crippen LogP contribution is 2.28. The SMILES string of the molecule is Cc1cccc(N2CCN(C(=O)c3cc(C)c(OCc4cccnc4)c(C)c3)CC2)c1C. The maximum Gasteiger partial charge on any atom is 0.253 e. The number of amides is 1. The Labute approximate surface area is 190 Å². The van der Waals surface area contributed by atoms with E-state index in [-0.39, 0.29) is 5.91 Å². The van der Waals surface area contributed by atoms with Gasteiger partial charge in [0.1, 0.15) is 12.4 Å². The highest BCUT2D eigenvalue weighted by atomic mass is 16.5. The summed E-state index contributed by atoms with van der Waals surface area (Å²) in [7, 11) is 0. The van der Waals surface area contributed by atoms with Gasteiger partial charge in [0.15, 0.2) is 0 Å². The van der Waals surface area contributed by atoms with Gasteiger partial charge in [-0.15, -0.1) is 0 Å². The molecule has 0 bridgehead atoms. The topological polar surface area (TPSA) is 45.7 Å². The monoisotopic (exact) mass is 429 g/mol. The number of benzene rings is 2. The van der Waals surface area contributed by atoms with E-state index in [1.807, 2.05) is 43.0 Å². The number of piperazine rings is 1. The standard InChI is InChI=1S/C27H31N3O2/c1-19-7-5-9-25(22(19)4)29-11-13-30(14-12-29)27(31)24-15-20(2)26(21(3)16-24)32-18-23-8-6-10-28-17-23/h5-10,15-17H,11-14,18H2,1-4H3. The fourth-order valence-electron chi connectivity index (χ4n) is 4.35. The van der Waals surface area contributed by atoms with Gasteiger partial charge in [0.2, 0.25) is 0 Å². The zero-order valence-electron chi connectivity index (χ0n) is 19.4. The van der Waals surface area contributed by atoms with Crippen molar-refractivity contribution in [3.8, 4) is 5.75 Å². The van der Waals surface area contributed by atoms with Gasteiger partial charge in [0, 0.05) is 55.4 Å². The summed E-state index contributed by atoms with van der Waals surface area (Å²) in [6.07, 6.45) is 3.56. The maximum atomic E-state index is 13.2. The number of aryl methyl sites for hydroxylation is 3. The number of pyridine rings is 1. The first-order valence-electron chi connectivity index (χ1n) is 11.2. The number of ether oxygens (including phenoxy) is 1. The van der Waals surface area contributed by atoms with E-state index in [9.17, 15) is 4.79 Å². The van der Waals surface area contributed by atoms with Crippen LogP contribution in [0.25, 0.3) is 0 Å². The zero-order valence-corrected chi connectivity index (χ0v) is 19.4. The lowest BCUT2D eigenvalue weighted by molar-refractivity contribution is 0.0746. The Morgan fingerprint density at radius 1 is 0.938 bits per heavy atom. The molecule has 0 saturated carbocycles. The Morgan fingerprint density at radius 2 is 1.66 bits per heavy atom. The van der Waals surface area contributed by atoms with Gasteiger partial charge in [-0.05, 0) is 74.2 Å². The molecular weight excluding hydrogens is 398 g/mol. The van der Waals surface area contributed by atoms with E-state index >= 15 is 0 Å². The summed E-state index contributed by atoms with van der Waals surface area (Å²) in [4.78, 5) is 21.7. The molecule has 4 rings (SSSR count). The van der Waals surface area contributed by atoms with Crippen LogP contribution in [0.2, 0.25) is 0 Å². The van der Waals surface area contributed by atoms with E-state index < -0.39 is 0 Å². The van der Waals surface area contributed by atoms with Crippen LogP contribution >= 0.6 is 0 Å². The van der Waals surface area contributed by atoms with Crippen molar-refractivity contribution in [1.82, 2.24) is 9.88 Å². The molecule has 0 spiro atoms. The van der Waals surface area contributed by atoms with Gasteiger partial charge in [0.25, 0.3) is 5.91 Å². The molecule has 32 heavy (non-hydrogen) atoms. The van der Waals surface area contributed by atoms with Gasteiger partial charge < -0.3 is 14.5 Å². The minimum atomic E-state index is 0.0932. The molecule has 1 saturated heterocycles. The predicted octanol–water partition coefficient (Wildman–Crippen LogP) is 4.86. The molecule has 1 aromatic heterocycles. The predicted molar refractivity (Wildman–Crippen MR) is 129 cm³/mol. The van der Waals surface area contributed by atoms with Gasteiger partial charge in [0.05, 0.1) is 0 Å². The molecule has 5 heteroatoms. The molecule has 1 aliphatic rings. The third kappa shape index (κ3) is 4.62. The number of carbonyl (C=O) groups excluding carboxylic acids is 1. The van der Waals surface area contributed by atoms with Crippen LogP contribution in [-0.4, -0.2) is 42.0 Å². The number of aromatic nitrogens is 1. The summed E-state index contributed by atoms with van der Waals surface area (Å²) in [6, 6.07) is 14.2. The van der Waals surface area contributed by atoms with Crippen LogP contribution < -0.4 is 9.64 Å². The maximum absolute atomic E-state index is 13.2. The third-order valence-corrected chi connectivity index (χ3v) is 6.30. The van der Waals surface area contributed by atoms with Crippen molar-refractivity contribution >= 4 is 11.6 Å². The van der Waals surface area contributed by atoms with Crippen LogP contribution in [0.1, 0.15) is 38.2 Å². The van der Waals surface area contributed by atoms with E-state index in [2.05, 4.69) is 41.9 Å². The molecule has 2 aromatic carbocycles. The van der Waals surface area contributed by atoms with E-state index in [4.69, 9.17) is 4.74 Å². The van der Waals surface area contributed by atoms with Crippen molar-refractivity contribution in [2.75, 3.05) is 31.1 Å². The van der Waals surface area contributed by atoms with Crippen LogP contribution in [0.15, 0.2) is 54.9 Å². The van der Waals surface area contributed by atoms with E-state index in [0.29, 0.717) is 6.61 Å². The minimum Gasteiger partial charge on any atom is -0.488 e. The Kier molecular flexibility index (Phi) is 6.45. The Hall–Kier alpha value is -3.34. The molecule has 0 atom stereocenters. The van der Waals surface area contributed by atoms with Crippen LogP contribution in [-0.2, 0) is 6.61 Å². The lowest BCUT2D eigenvalue weighted by atomic mass is 10.0. The van der Waals surface area contributed by atoms with Crippen molar-refractivity contribution in [3.63, 3.8) is 0 Å². The second-order valence-corrected chi connectivity index (χ2v) is 8.59. The highest BCUT2D eigenvalue weighted by molar-refractivity contribution is 5.95. The molecule has 0 radical (unpaired) electrons. The summed E-state index contributed by atoms with van der Waals surface area (Å²) in [5.74, 6) is 0.931. The molecule has 0 unspecified atom stereocenters. The quantitative estimate of drug-likeness (QED) is 0.581. The Morgan fingerprint density at radius 3 is 2.31 bits per heavy atom. The number of carbonyl (C=O) groups is 1.